The highest BCUT2D eigenvalue weighted by Gasteiger charge is 2.14. The van der Waals surface area contributed by atoms with Crippen LogP contribution < -0.4 is 4.74 Å². The minimum absolute atomic E-state index is 0.0975. The van der Waals surface area contributed by atoms with Crippen molar-refractivity contribution in [3.05, 3.63) is 106 Å². The smallest absolute Gasteiger partial charge is 0.127 e. The van der Waals surface area contributed by atoms with E-state index in [0.29, 0.717) is 33.5 Å². The van der Waals surface area contributed by atoms with Gasteiger partial charge in [-0.3, -0.25) is 0 Å². The van der Waals surface area contributed by atoms with Crippen molar-refractivity contribution < 1.29 is 9.84 Å². The Labute approximate surface area is 187 Å². The standard InChI is InChI=1S/C25H23Cl2NO2/c1-17(24(15-28(2)3)19-5-4-6-21(27)13-19)23-12-11-22(14-25(23)29)30-16-18-7-9-20(26)10-8-18/h4-15,29H,1,16H2,2-3H3/b24-15+. The SMILES string of the molecule is C=C(/C(=C\N(C)C)c1cccc(Cl)c1)c1ccc(OCc2ccc(Cl)cc2)cc1O. The first kappa shape index (κ1) is 21.8. The van der Waals surface area contributed by atoms with Gasteiger partial charge in [-0.05, 0) is 53.1 Å². The van der Waals surface area contributed by atoms with Crippen LogP contribution in [0.5, 0.6) is 11.5 Å². The summed E-state index contributed by atoms with van der Waals surface area (Å²) in [6, 6.07) is 20.2. The van der Waals surface area contributed by atoms with Crippen molar-refractivity contribution in [1.82, 2.24) is 4.90 Å². The lowest BCUT2D eigenvalue weighted by atomic mass is 9.93. The van der Waals surface area contributed by atoms with Crippen LogP contribution in [0.15, 0.2) is 79.5 Å². The molecule has 30 heavy (non-hydrogen) atoms. The second kappa shape index (κ2) is 9.75. The van der Waals surface area contributed by atoms with E-state index in [1.807, 2.05) is 85.9 Å². The van der Waals surface area contributed by atoms with E-state index in [1.54, 1.807) is 6.07 Å². The number of phenolic OH excluding ortho intramolecular Hbond substituents is 1. The number of nitrogens with zero attached hydrogens (tertiary/aromatic N) is 1. The molecule has 3 rings (SSSR count). The first-order chi connectivity index (χ1) is 14.3. The second-order valence-corrected chi connectivity index (χ2v) is 7.96. The van der Waals surface area contributed by atoms with Crippen molar-refractivity contribution >= 4 is 34.3 Å². The van der Waals surface area contributed by atoms with Gasteiger partial charge in [-0.15, -0.1) is 0 Å². The molecule has 0 spiro atoms. The van der Waals surface area contributed by atoms with Crippen molar-refractivity contribution in [2.24, 2.45) is 0 Å². The molecule has 3 nitrogen and oxygen atoms in total. The zero-order chi connectivity index (χ0) is 21.7. The van der Waals surface area contributed by atoms with Crippen molar-refractivity contribution in [3.8, 4) is 11.5 Å². The normalized spacial score (nSPS) is 11.3. The summed E-state index contributed by atoms with van der Waals surface area (Å²) in [5, 5.41) is 12.0. The summed E-state index contributed by atoms with van der Waals surface area (Å²) in [6.45, 7) is 4.61. The van der Waals surface area contributed by atoms with Gasteiger partial charge in [0.15, 0.2) is 0 Å². The Hall–Kier alpha value is -2.88. The maximum Gasteiger partial charge on any atom is 0.127 e. The molecule has 0 amide bonds. The van der Waals surface area contributed by atoms with Crippen LogP contribution in [0.1, 0.15) is 16.7 Å². The molecule has 0 saturated carbocycles. The van der Waals surface area contributed by atoms with Crippen LogP contribution in [-0.4, -0.2) is 24.1 Å². The highest BCUT2D eigenvalue weighted by Crippen LogP contribution is 2.37. The first-order valence-corrected chi connectivity index (χ1v) is 10.1. The van der Waals surface area contributed by atoms with Gasteiger partial charge in [0.05, 0.1) is 0 Å². The number of allylic oxidation sites excluding steroid dienone is 2. The van der Waals surface area contributed by atoms with E-state index < -0.39 is 0 Å². The Morgan fingerprint density at radius 2 is 1.73 bits per heavy atom. The molecule has 0 atom stereocenters. The summed E-state index contributed by atoms with van der Waals surface area (Å²) in [5.74, 6) is 0.667. The third kappa shape index (κ3) is 5.59. The number of ether oxygens (including phenoxy) is 1. The number of rotatable bonds is 7. The van der Waals surface area contributed by atoms with Crippen LogP contribution in [-0.2, 0) is 6.61 Å². The average molecular weight is 440 g/mol. The van der Waals surface area contributed by atoms with E-state index in [4.69, 9.17) is 27.9 Å². The molecular weight excluding hydrogens is 417 g/mol. The summed E-state index contributed by atoms with van der Waals surface area (Å²) >= 11 is 12.1. The molecule has 0 saturated heterocycles. The molecule has 0 aromatic heterocycles. The maximum atomic E-state index is 10.7. The fourth-order valence-electron chi connectivity index (χ4n) is 2.99. The predicted molar refractivity (Wildman–Crippen MR) is 126 cm³/mol. The summed E-state index contributed by atoms with van der Waals surface area (Å²) in [5.41, 5.74) is 4.09. The van der Waals surface area contributed by atoms with Gasteiger partial charge in [-0.1, -0.05) is 54.0 Å². The quantitative estimate of drug-likeness (QED) is 0.406. The van der Waals surface area contributed by atoms with Gasteiger partial charge in [0.2, 0.25) is 0 Å². The summed E-state index contributed by atoms with van der Waals surface area (Å²) < 4.78 is 5.80. The Morgan fingerprint density at radius 1 is 1.00 bits per heavy atom. The third-order valence-corrected chi connectivity index (χ3v) is 4.95. The Morgan fingerprint density at radius 3 is 2.37 bits per heavy atom. The molecule has 0 fully saturated rings. The molecule has 0 radical (unpaired) electrons. The summed E-state index contributed by atoms with van der Waals surface area (Å²) in [4.78, 5) is 1.93. The van der Waals surface area contributed by atoms with Gasteiger partial charge in [0.1, 0.15) is 18.1 Å². The molecule has 1 N–H and O–H groups in total. The first-order valence-electron chi connectivity index (χ1n) is 9.37. The van der Waals surface area contributed by atoms with E-state index in [9.17, 15) is 5.11 Å². The Balaban J connectivity index is 1.83. The second-order valence-electron chi connectivity index (χ2n) is 7.09. The van der Waals surface area contributed by atoms with E-state index in [2.05, 4.69) is 6.58 Å². The van der Waals surface area contributed by atoms with Gasteiger partial charge in [0.25, 0.3) is 0 Å². The minimum atomic E-state index is 0.0975. The van der Waals surface area contributed by atoms with E-state index in [1.165, 1.54) is 0 Å². The molecule has 3 aromatic rings. The monoisotopic (exact) mass is 439 g/mol. The zero-order valence-corrected chi connectivity index (χ0v) is 18.4. The molecule has 0 aliphatic carbocycles. The van der Waals surface area contributed by atoms with Crippen molar-refractivity contribution in [2.75, 3.05) is 14.1 Å². The molecule has 0 unspecified atom stereocenters. The van der Waals surface area contributed by atoms with Gasteiger partial charge < -0.3 is 14.7 Å². The molecule has 0 aliphatic rings. The van der Waals surface area contributed by atoms with Crippen LogP contribution in [0.25, 0.3) is 11.1 Å². The maximum absolute atomic E-state index is 10.7. The average Bonchev–Trinajstić information content (AvgIpc) is 2.71. The third-order valence-electron chi connectivity index (χ3n) is 4.46. The fraction of sp³-hybridized carbons (Fsp3) is 0.120. The minimum Gasteiger partial charge on any atom is -0.507 e. The lowest BCUT2D eigenvalue weighted by Gasteiger charge is -2.17. The van der Waals surface area contributed by atoms with E-state index in [-0.39, 0.29) is 5.75 Å². The Kier molecular flexibility index (Phi) is 7.09. The van der Waals surface area contributed by atoms with Gasteiger partial charge >= 0.3 is 0 Å². The van der Waals surface area contributed by atoms with Crippen molar-refractivity contribution in [1.29, 1.82) is 0 Å². The number of phenols is 1. The topological polar surface area (TPSA) is 32.7 Å². The highest BCUT2D eigenvalue weighted by atomic mass is 35.5. The van der Waals surface area contributed by atoms with E-state index >= 15 is 0 Å². The van der Waals surface area contributed by atoms with Crippen LogP contribution in [0, 0.1) is 0 Å². The van der Waals surface area contributed by atoms with Gasteiger partial charge in [-0.2, -0.15) is 0 Å². The zero-order valence-electron chi connectivity index (χ0n) is 16.9. The lowest BCUT2D eigenvalue weighted by Crippen LogP contribution is -2.04. The molecule has 154 valence electrons. The number of hydrogen-bond acceptors (Lipinski definition) is 3. The predicted octanol–water partition coefficient (Wildman–Crippen LogP) is 6.89. The van der Waals surface area contributed by atoms with Crippen LogP contribution >= 0.6 is 23.2 Å². The van der Waals surface area contributed by atoms with Gasteiger partial charge in [0, 0.05) is 47.5 Å². The molecule has 0 aliphatic heterocycles. The largest absolute Gasteiger partial charge is 0.507 e. The fourth-order valence-corrected chi connectivity index (χ4v) is 3.31. The van der Waals surface area contributed by atoms with Gasteiger partial charge in [-0.25, -0.2) is 0 Å². The highest BCUT2D eigenvalue weighted by molar-refractivity contribution is 6.31. The van der Waals surface area contributed by atoms with Crippen LogP contribution in [0.4, 0.5) is 0 Å². The number of aromatic hydroxyl groups is 1. The number of halogens is 2. The molecule has 0 heterocycles. The molecule has 5 heteroatoms. The van der Waals surface area contributed by atoms with Crippen molar-refractivity contribution in [2.45, 2.75) is 6.61 Å². The number of hydrogen-bond donors (Lipinski definition) is 1. The summed E-state index contributed by atoms with van der Waals surface area (Å²) in [6.07, 6.45) is 1.96. The van der Waals surface area contributed by atoms with Crippen LogP contribution in [0.2, 0.25) is 10.0 Å². The molecular formula is C25H23Cl2NO2. The number of benzene rings is 3. The Bertz CT molecular complexity index is 1070. The van der Waals surface area contributed by atoms with Crippen molar-refractivity contribution in [3.63, 3.8) is 0 Å². The molecule has 0 bridgehead atoms. The lowest BCUT2D eigenvalue weighted by molar-refractivity contribution is 0.304. The molecule has 3 aromatic carbocycles. The van der Waals surface area contributed by atoms with E-state index in [0.717, 1.165) is 16.7 Å². The van der Waals surface area contributed by atoms with Crippen LogP contribution in [0.3, 0.4) is 0 Å². The summed E-state index contributed by atoms with van der Waals surface area (Å²) in [7, 11) is 3.87.